The Bertz CT molecular complexity index is 313. The van der Waals surface area contributed by atoms with Gasteiger partial charge in [0.2, 0.25) is 0 Å². The van der Waals surface area contributed by atoms with Crippen LogP contribution in [0.15, 0.2) is 12.7 Å². The number of rotatable bonds is 11. The Morgan fingerprint density at radius 3 is 2.40 bits per heavy atom. The average Bonchev–Trinajstić information content (AvgIpc) is 3.07. The molecule has 0 aromatic heterocycles. The Hall–Kier alpha value is -0.830. The molecule has 3 atom stereocenters. The number of carbonyl (C=O) groups is 1. The first-order valence-corrected chi connectivity index (χ1v) is 8.12. The molecule has 0 amide bonds. The fourth-order valence-corrected chi connectivity index (χ4v) is 3.18. The van der Waals surface area contributed by atoms with Gasteiger partial charge in [0.05, 0.1) is 12.5 Å². The first-order valence-electron chi connectivity index (χ1n) is 8.12. The van der Waals surface area contributed by atoms with Gasteiger partial charge in [0.15, 0.2) is 0 Å². The van der Waals surface area contributed by atoms with E-state index in [2.05, 4.69) is 13.5 Å². The quantitative estimate of drug-likeness (QED) is 0.325. The molecule has 0 unspecified atom stereocenters. The van der Waals surface area contributed by atoms with E-state index in [1.165, 1.54) is 25.7 Å². The lowest BCUT2D eigenvalue weighted by Crippen LogP contribution is -2.20. The van der Waals surface area contributed by atoms with Crippen molar-refractivity contribution in [3.63, 3.8) is 0 Å². The van der Waals surface area contributed by atoms with Crippen LogP contribution in [-0.4, -0.2) is 24.8 Å². The van der Waals surface area contributed by atoms with Crippen LogP contribution in [0.4, 0.5) is 0 Å². The van der Waals surface area contributed by atoms with Gasteiger partial charge in [0.25, 0.3) is 0 Å². The number of ether oxygens (including phenoxy) is 2. The van der Waals surface area contributed by atoms with E-state index in [0.29, 0.717) is 13.2 Å². The molecule has 1 aliphatic carbocycles. The van der Waals surface area contributed by atoms with Gasteiger partial charge in [-0.1, -0.05) is 45.1 Å². The zero-order valence-corrected chi connectivity index (χ0v) is 13.3. The van der Waals surface area contributed by atoms with Crippen LogP contribution in [0.5, 0.6) is 0 Å². The molecule has 116 valence electrons. The highest BCUT2D eigenvalue weighted by molar-refractivity contribution is 5.79. The monoisotopic (exact) mass is 282 g/mol. The second kappa shape index (κ2) is 8.46. The molecule has 0 radical (unpaired) electrons. The summed E-state index contributed by atoms with van der Waals surface area (Å²) in [5.41, 5.74) is -0.467. The van der Waals surface area contributed by atoms with Gasteiger partial charge < -0.3 is 9.47 Å². The maximum atomic E-state index is 12.1. The minimum atomic E-state index is -0.467. The average molecular weight is 282 g/mol. The van der Waals surface area contributed by atoms with Gasteiger partial charge in [-0.25, -0.2) is 0 Å². The van der Waals surface area contributed by atoms with E-state index >= 15 is 0 Å². The van der Waals surface area contributed by atoms with Crippen molar-refractivity contribution in [2.45, 2.75) is 64.9 Å². The number of unbranched alkanes of at least 4 members (excludes halogenated alkanes) is 4. The maximum Gasteiger partial charge on any atom is 0.312 e. The molecule has 0 saturated heterocycles. The first kappa shape index (κ1) is 17.2. The maximum absolute atomic E-state index is 12.1. The minimum Gasteiger partial charge on any atom is -0.466 e. The highest BCUT2D eigenvalue weighted by atomic mass is 16.5. The molecule has 1 aliphatic rings. The van der Waals surface area contributed by atoms with E-state index in [0.717, 1.165) is 12.8 Å². The van der Waals surface area contributed by atoms with Gasteiger partial charge in [0, 0.05) is 12.5 Å². The van der Waals surface area contributed by atoms with Gasteiger partial charge in [-0.3, -0.25) is 4.79 Å². The molecular formula is C17H30O3. The van der Waals surface area contributed by atoms with E-state index in [9.17, 15) is 4.79 Å². The molecule has 0 N–H and O–H groups in total. The summed E-state index contributed by atoms with van der Waals surface area (Å²) in [5, 5.41) is 0. The Kier molecular flexibility index (Phi) is 7.28. The SMILES string of the molecule is C=C[C@@]1(OCC)[C@H](CCCCCCC)[C@H]1C(=O)OCC. The molecule has 3 heteroatoms. The molecule has 0 aromatic rings. The summed E-state index contributed by atoms with van der Waals surface area (Å²) >= 11 is 0. The smallest absolute Gasteiger partial charge is 0.312 e. The summed E-state index contributed by atoms with van der Waals surface area (Å²) in [6, 6.07) is 0. The van der Waals surface area contributed by atoms with Gasteiger partial charge in [-0.2, -0.15) is 0 Å². The summed E-state index contributed by atoms with van der Waals surface area (Å²) in [6.07, 6.45) is 9.06. The third-order valence-electron chi connectivity index (χ3n) is 4.23. The lowest BCUT2D eigenvalue weighted by molar-refractivity contribution is -0.146. The van der Waals surface area contributed by atoms with Crippen LogP contribution in [-0.2, 0) is 14.3 Å². The second-order valence-electron chi connectivity index (χ2n) is 5.53. The molecule has 0 heterocycles. The topological polar surface area (TPSA) is 35.5 Å². The fraction of sp³-hybridized carbons (Fsp3) is 0.824. The number of hydrogen-bond donors (Lipinski definition) is 0. The number of esters is 1. The molecule has 20 heavy (non-hydrogen) atoms. The molecule has 1 rings (SSSR count). The molecule has 1 fully saturated rings. The van der Waals surface area contributed by atoms with E-state index < -0.39 is 5.60 Å². The molecule has 0 bridgehead atoms. The Labute approximate surface area is 123 Å². The highest BCUT2D eigenvalue weighted by Crippen LogP contribution is 2.57. The van der Waals surface area contributed by atoms with Crippen molar-refractivity contribution in [3.8, 4) is 0 Å². The van der Waals surface area contributed by atoms with E-state index in [1.807, 2.05) is 19.9 Å². The first-order chi connectivity index (χ1) is 9.67. The Morgan fingerprint density at radius 2 is 1.85 bits per heavy atom. The predicted octanol–water partition coefficient (Wildman–Crippen LogP) is 4.12. The van der Waals surface area contributed by atoms with Crippen LogP contribution in [0.25, 0.3) is 0 Å². The molecule has 0 aromatic carbocycles. The van der Waals surface area contributed by atoms with Crippen molar-refractivity contribution < 1.29 is 14.3 Å². The zero-order chi connectivity index (χ0) is 15.0. The van der Waals surface area contributed by atoms with Gasteiger partial charge in [-0.05, 0) is 20.3 Å². The number of carbonyl (C=O) groups excluding carboxylic acids is 1. The minimum absolute atomic E-state index is 0.126. The van der Waals surface area contributed by atoms with Crippen LogP contribution in [0, 0.1) is 11.8 Å². The summed E-state index contributed by atoms with van der Waals surface area (Å²) in [5.74, 6) is -0.0221. The van der Waals surface area contributed by atoms with Crippen molar-refractivity contribution in [1.29, 1.82) is 0 Å². The molecular weight excluding hydrogens is 252 g/mol. The predicted molar refractivity (Wildman–Crippen MR) is 81.5 cm³/mol. The lowest BCUT2D eigenvalue weighted by atomic mass is 10.1. The van der Waals surface area contributed by atoms with Crippen LogP contribution < -0.4 is 0 Å². The van der Waals surface area contributed by atoms with Crippen LogP contribution >= 0.6 is 0 Å². The lowest BCUT2D eigenvalue weighted by Gasteiger charge is -2.13. The molecule has 0 aliphatic heterocycles. The normalized spacial score (nSPS) is 28.1. The van der Waals surface area contributed by atoms with Crippen molar-refractivity contribution in [1.82, 2.24) is 0 Å². The number of hydrogen-bond acceptors (Lipinski definition) is 3. The van der Waals surface area contributed by atoms with Gasteiger partial charge in [0.1, 0.15) is 5.60 Å². The van der Waals surface area contributed by atoms with Crippen molar-refractivity contribution in [2.24, 2.45) is 11.8 Å². The molecule has 0 spiro atoms. The zero-order valence-electron chi connectivity index (χ0n) is 13.3. The second-order valence-corrected chi connectivity index (χ2v) is 5.53. The van der Waals surface area contributed by atoms with Crippen molar-refractivity contribution in [2.75, 3.05) is 13.2 Å². The Morgan fingerprint density at radius 1 is 1.15 bits per heavy atom. The van der Waals surface area contributed by atoms with E-state index in [4.69, 9.17) is 9.47 Å². The van der Waals surface area contributed by atoms with Crippen molar-refractivity contribution in [3.05, 3.63) is 12.7 Å². The van der Waals surface area contributed by atoms with Crippen molar-refractivity contribution >= 4 is 5.97 Å². The standard InChI is InChI=1S/C17H30O3/c1-5-9-10-11-12-13-14-15(16(18)19-7-3)17(14,6-2)20-8-4/h6,14-15H,2,5,7-13H2,1,3-4H3/t14-,15+,17-/m1/s1. The van der Waals surface area contributed by atoms with E-state index in [1.54, 1.807) is 0 Å². The van der Waals surface area contributed by atoms with Crippen LogP contribution in [0.3, 0.4) is 0 Å². The third kappa shape index (κ3) is 3.85. The Balaban J connectivity index is 2.52. The van der Waals surface area contributed by atoms with E-state index in [-0.39, 0.29) is 17.8 Å². The largest absolute Gasteiger partial charge is 0.466 e. The highest BCUT2D eigenvalue weighted by Gasteiger charge is 2.67. The van der Waals surface area contributed by atoms with Crippen LogP contribution in [0.2, 0.25) is 0 Å². The molecule has 1 saturated carbocycles. The van der Waals surface area contributed by atoms with Crippen LogP contribution in [0.1, 0.15) is 59.3 Å². The summed E-state index contributed by atoms with van der Waals surface area (Å²) in [7, 11) is 0. The summed E-state index contributed by atoms with van der Waals surface area (Å²) in [4.78, 5) is 12.1. The van der Waals surface area contributed by atoms with Gasteiger partial charge >= 0.3 is 5.97 Å². The molecule has 3 nitrogen and oxygen atoms in total. The fourth-order valence-electron chi connectivity index (χ4n) is 3.18. The third-order valence-corrected chi connectivity index (χ3v) is 4.23. The van der Waals surface area contributed by atoms with Gasteiger partial charge in [-0.15, -0.1) is 6.58 Å². The summed E-state index contributed by atoms with van der Waals surface area (Å²) < 4.78 is 11.0. The summed E-state index contributed by atoms with van der Waals surface area (Å²) in [6.45, 7) is 10.9.